The van der Waals surface area contributed by atoms with E-state index in [1.807, 2.05) is 5.38 Å². The summed E-state index contributed by atoms with van der Waals surface area (Å²) in [7, 11) is 0. The molecule has 0 radical (unpaired) electrons. The van der Waals surface area contributed by atoms with Crippen molar-refractivity contribution in [3.8, 4) is 0 Å². The van der Waals surface area contributed by atoms with Gasteiger partial charge < -0.3 is 10.4 Å². The molecule has 1 aromatic heterocycles. The lowest BCUT2D eigenvalue weighted by molar-refractivity contribution is 0.110. The minimum atomic E-state index is 0.0945. The second-order valence-electron chi connectivity index (χ2n) is 3.35. The van der Waals surface area contributed by atoms with Gasteiger partial charge >= 0.3 is 0 Å². The molecule has 14 heavy (non-hydrogen) atoms. The highest BCUT2D eigenvalue weighted by molar-refractivity contribution is 7.09. The van der Waals surface area contributed by atoms with Crippen molar-refractivity contribution in [3.05, 3.63) is 16.6 Å². The van der Waals surface area contributed by atoms with Gasteiger partial charge in [-0.05, 0) is 0 Å². The van der Waals surface area contributed by atoms with Gasteiger partial charge in [-0.15, -0.1) is 11.3 Å². The first-order chi connectivity index (χ1) is 6.92. The van der Waals surface area contributed by atoms with Crippen LogP contribution in [0.25, 0.3) is 0 Å². The van der Waals surface area contributed by atoms with Crippen LogP contribution in [-0.4, -0.2) is 47.8 Å². The largest absolute Gasteiger partial charge is 0.394 e. The van der Waals surface area contributed by atoms with E-state index in [-0.39, 0.29) is 12.6 Å². The molecule has 5 heteroatoms. The topological polar surface area (TPSA) is 48.4 Å². The molecule has 1 aliphatic heterocycles. The van der Waals surface area contributed by atoms with E-state index in [1.165, 1.54) is 0 Å². The van der Waals surface area contributed by atoms with Gasteiger partial charge in [0.1, 0.15) is 5.01 Å². The van der Waals surface area contributed by atoms with Gasteiger partial charge in [0.15, 0.2) is 0 Å². The van der Waals surface area contributed by atoms with E-state index in [2.05, 4.69) is 15.2 Å². The van der Waals surface area contributed by atoms with Crippen molar-refractivity contribution in [2.45, 2.75) is 6.04 Å². The van der Waals surface area contributed by atoms with E-state index in [9.17, 15) is 5.11 Å². The Kier molecular flexibility index (Phi) is 3.47. The van der Waals surface area contributed by atoms with E-state index in [0.717, 1.165) is 31.2 Å². The SMILES string of the molecule is OCC(c1nccs1)N1CCNCC1. The Morgan fingerprint density at radius 2 is 2.36 bits per heavy atom. The summed E-state index contributed by atoms with van der Waals surface area (Å²) in [5, 5.41) is 15.6. The average molecular weight is 213 g/mol. The maximum Gasteiger partial charge on any atom is 0.112 e. The molecule has 1 unspecified atom stereocenters. The molecule has 78 valence electrons. The van der Waals surface area contributed by atoms with Crippen molar-refractivity contribution in [3.63, 3.8) is 0 Å². The zero-order valence-electron chi connectivity index (χ0n) is 8.02. The lowest BCUT2D eigenvalue weighted by Crippen LogP contribution is -2.46. The van der Waals surface area contributed by atoms with Crippen LogP contribution in [0.5, 0.6) is 0 Å². The molecule has 1 aromatic rings. The number of rotatable bonds is 3. The van der Waals surface area contributed by atoms with Crippen LogP contribution in [0.3, 0.4) is 0 Å². The molecule has 0 bridgehead atoms. The van der Waals surface area contributed by atoms with Crippen molar-refractivity contribution < 1.29 is 5.11 Å². The molecule has 1 atom stereocenters. The molecule has 2 N–H and O–H groups in total. The Balaban J connectivity index is 2.04. The third kappa shape index (κ3) is 2.12. The van der Waals surface area contributed by atoms with E-state index in [1.54, 1.807) is 17.5 Å². The fraction of sp³-hybridized carbons (Fsp3) is 0.667. The number of aliphatic hydroxyl groups excluding tert-OH is 1. The first kappa shape index (κ1) is 10.0. The maximum absolute atomic E-state index is 9.35. The zero-order valence-corrected chi connectivity index (χ0v) is 8.83. The summed E-state index contributed by atoms with van der Waals surface area (Å²) >= 11 is 1.62. The standard InChI is InChI=1S/C9H15N3OS/c13-7-8(9-11-3-6-14-9)12-4-1-10-2-5-12/h3,6,8,10,13H,1-2,4-5,7H2. The van der Waals surface area contributed by atoms with Crippen LogP contribution in [0.1, 0.15) is 11.0 Å². The molecule has 2 heterocycles. The Hall–Kier alpha value is -0.490. The Bertz CT molecular complexity index is 259. The number of aromatic nitrogens is 1. The van der Waals surface area contributed by atoms with Crippen molar-refractivity contribution in [1.29, 1.82) is 0 Å². The van der Waals surface area contributed by atoms with Crippen LogP contribution < -0.4 is 5.32 Å². The smallest absolute Gasteiger partial charge is 0.112 e. The minimum Gasteiger partial charge on any atom is -0.394 e. The van der Waals surface area contributed by atoms with Crippen LogP contribution >= 0.6 is 11.3 Å². The fourth-order valence-electron chi connectivity index (χ4n) is 1.74. The van der Waals surface area contributed by atoms with Crippen LogP contribution in [0, 0.1) is 0 Å². The molecule has 2 rings (SSSR count). The van der Waals surface area contributed by atoms with Crippen LogP contribution in [0.4, 0.5) is 0 Å². The molecule has 0 saturated carbocycles. The van der Waals surface area contributed by atoms with Gasteiger partial charge in [0.05, 0.1) is 12.6 Å². The monoisotopic (exact) mass is 213 g/mol. The maximum atomic E-state index is 9.35. The molecular weight excluding hydrogens is 198 g/mol. The molecular formula is C9H15N3OS. The predicted molar refractivity (Wildman–Crippen MR) is 56.4 cm³/mol. The molecule has 0 aliphatic carbocycles. The number of aliphatic hydroxyl groups is 1. The summed E-state index contributed by atoms with van der Waals surface area (Å²) in [6.07, 6.45) is 1.80. The van der Waals surface area contributed by atoms with Crippen LogP contribution in [0.15, 0.2) is 11.6 Å². The lowest BCUT2D eigenvalue weighted by atomic mass is 10.2. The first-order valence-corrected chi connectivity index (χ1v) is 5.75. The first-order valence-electron chi connectivity index (χ1n) is 4.87. The molecule has 1 fully saturated rings. The van der Waals surface area contributed by atoms with Crippen LogP contribution in [-0.2, 0) is 0 Å². The third-order valence-corrected chi connectivity index (χ3v) is 3.38. The van der Waals surface area contributed by atoms with Crippen molar-refractivity contribution in [2.75, 3.05) is 32.8 Å². The fourth-order valence-corrected chi connectivity index (χ4v) is 2.51. The van der Waals surface area contributed by atoms with Crippen molar-refractivity contribution in [2.24, 2.45) is 0 Å². The number of nitrogens with zero attached hydrogens (tertiary/aromatic N) is 2. The summed E-state index contributed by atoms with van der Waals surface area (Å²) in [6.45, 7) is 4.15. The summed E-state index contributed by atoms with van der Waals surface area (Å²) in [5.41, 5.74) is 0. The molecule has 0 spiro atoms. The zero-order chi connectivity index (χ0) is 9.80. The molecule has 0 amide bonds. The Morgan fingerprint density at radius 1 is 1.57 bits per heavy atom. The molecule has 1 saturated heterocycles. The second kappa shape index (κ2) is 4.84. The number of nitrogens with one attached hydrogen (secondary N) is 1. The predicted octanol–water partition coefficient (Wildman–Crippen LogP) is 0.0817. The highest BCUT2D eigenvalue weighted by Crippen LogP contribution is 2.22. The van der Waals surface area contributed by atoms with E-state index in [0.29, 0.717) is 0 Å². The van der Waals surface area contributed by atoms with E-state index in [4.69, 9.17) is 0 Å². The van der Waals surface area contributed by atoms with Gasteiger partial charge in [-0.1, -0.05) is 0 Å². The van der Waals surface area contributed by atoms with Gasteiger partial charge in [0.25, 0.3) is 0 Å². The van der Waals surface area contributed by atoms with Gasteiger partial charge in [0, 0.05) is 37.8 Å². The number of piperazine rings is 1. The summed E-state index contributed by atoms with van der Waals surface area (Å²) in [4.78, 5) is 6.55. The lowest BCUT2D eigenvalue weighted by Gasteiger charge is -2.32. The normalized spacial score (nSPS) is 20.9. The summed E-state index contributed by atoms with van der Waals surface area (Å²) in [5.74, 6) is 0. The highest BCUT2D eigenvalue weighted by Gasteiger charge is 2.22. The van der Waals surface area contributed by atoms with Gasteiger partial charge in [-0.3, -0.25) is 4.90 Å². The average Bonchev–Trinajstić information content (AvgIpc) is 2.74. The molecule has 1 aliphatic rings. The van der Waals surface area contributed by atoms with E-state index < -0.39 is 0 Å². The van der Waals surface area contributed by atoms with Crippen LogP contribution in [0.2, 0.25) is 0 Å². The number of hydrogen-bond donors (Lipinski definition) is 2. The Morgan fingerprint density at radius 3 is 2.93 bits per heavy atom. The molecule has 0 aromatic carbocycles. The van der Waals surface area contributed by atoms with Gasteiger partial charge in [-0.25, -0.2) is 4.98 Å². The Labute approximate surface area is 87.6 Å². The molecule has 4 nitrogen and oxygen atoms in total. The number of hydrogen-bond acceptors (Lipinski definition) is 5. The quantitative estimate of drug-likeness (QED) is 0.746. The second-order valence-corrected chi connectivity index (χ2v) is 4.28. The van der Waals surface area contributed by atoms with Gasteiger partial charge in [-0.2, -0.15) is 0 Å². The third-order valence-electron chi connectivity index (χ3n) is 2.50. The summed E-state index contributed by atoms with van der Waals surface area (Å²) < 4.78 is 0. The minimum absolute atomic E-state index is 0.0945. The highest BCUT2D eigenvalue weighted by atomic mass is 32.1. The summed E-state index contributed by atoms with van der Waals surface area (Å²) in [6, 6.07) is 0.0945. The van der Waals surface area contributed by atoms with Crippen molar-refractivity contribution in [1.82, 2.24) is 15.2 Å². The van der Waals surface area contributed by atoms with E-state index >= 15 is 0 Å². The van der Waals surface area contributed by atoms with Gasteiger partial charge in [0.2, 0.25) is 0 Å². The number of thiazole rings is 1. The van der Waals surface area contributed by atoms with Crippen molar-refractivity contribution >= 4 is 11.3 Å².